The molecule has 0 bridgehead atoms. The third-order valence-electron chi connectivity index (χ3n) is 4.72. The maximum atomic E-state index is 12.9. The molecule has 2 aromatic rings. The molecule has 3 N–H and O–H groups in total. The van der Waals surface area contributed by atoms with Crippen LogP contribution in [-0.2, 0) is 4.79 Å². The van der Waals surface area contributed by atoms with Gasteiger partial charge in [0, 0.05) is 12.0 Å². The number of nitrogens with one attached hydrogen (secondary N) is 1. The van der Waals surface area contributed by atoms with Crippen LogP contribution < -0.4 is 11.1 Å². The van der Waals surface area contributed by atoms with Crippen molar-refractivity contribution in [1.82, 2.24) is 5.32 Å². The second kappa shape index (κ2) is 11.0. The predicted molar refractivity (Wildman–Crippen MR) is 117 cm³/mol. The molecule has 0 aliphatic heterocycles. The molecule has 0 fully saturated rings. The fourth-order valence-electron chi connectivity index (χ4n) is 3.14. The van der Waals surface area contributed by atoms with Gasteiger partial charge in [-0.25, -0.2) is 0 Å². The van der Waals surface area contributed by atoms with Gasteiger partial charge in [0.05, 0.1) is 12.1 Å². The third kappa shape index (κ3) is 6.47. The standard InChI is InChI=1S/C23H30N2O2.ClH/c1-15(2)19-11-10-16(3)14-20(19)22(26)13-12-21(25-23(27)17(4)24)18-8-6-5-7-9-18;/h5-11,14-15,17,21H,12-13,24H2,1-4H3,(H,25,27);1H/t17-,21-;/m1./s1. The number of rotatable bonds is 8. The summed E-state index contributed by atoms with van der Waals surface area (Å²) < 4.78 is 0. The van der Waals surface area contributed by atoms with Crippen molar-refractivity contribution in [2.75, 3.05) is 0 Å². The summed E-state index contributed by atoms with van der Waals surface area (Å²) in [4.78, 5) is 25.0. The van der Waals surface area contributed by atoms with E-state index in [2.05, 4.69) is 19.2 Å². The zero-order chi connectivity index (χ0) is 20.0. The van der Waals surface area contributed by atoms with Gasteiger partial charge in [-0.3, -0.25) is 9.59 Å². The Morgan fingerprint density at radius 2 is 1.68 bits per heavy atom. The molecule has 0 unspecified atom stereocenters. The van der Waals surface area contributed by atoms with Crippen LogP contribution in [0, 0.1) is 6.92 Å². The van der Waals surface area contributed by atoms with E-state index in [9.17, 15) is 9.59 Å². The van der Waals surface area contributed by atoms with Gasteiger partial charge in [0.25, 0.3) is 0 Å². The molecule has 5 heteroatoms. The van der Waals surface area contributed by atoms with Crippen molar-refractivity contribution in [2.45, 2.75) is 58.5 Å². The van der Waals surface area contributed by atoms with E-state index in [1.807, 2.05) is 55.5 Å². The molecule has 0 aliphatic carbocycles. The highest BCUT2D eigenvalue weighted by atomic mass is 35.5. The molecule has 0 saturated heterocycles. The number of carbonyl (C=O) groups excluding carboxylic acids is 2. The Morgan fingerprint density at radius 1 is 1.04 bits per heavy atom. The highest BCUT2D eigenvalue weighted by Gasteiger charge is 2.20. The maximum absolute atomic E-state index is 12.9. The van der Waals surface area contributed by atoms with Gasteiger partial charge in [0.2, 0.25) is 5.91 Å². The average Bonchev–Trinajstić information content (AvgIpc) is 2.64. The summed E-state index contributed by atoms with van der Waals surface area (Å²) in [7, 11) is 0. The van der Waals surface area contributed by atoms with Crippen molar-refractivity contribution >= 4 is 24.1 Å². The molecule has 4 nitrogen and oxygen atoms in total. The predicted octanol–water partition coefficient (Wildman–Crippen LogP) is 4.71. The van der Waals surface area contributed by atoms with Gasteiger partial charge in [0.1, 0.15) is 0 Å². The van der Waals surface area contributed by atoms with E-state index in [0.29, 0.717) is 12.8 Å². The van der Waals surface area contributed by atoms with Crippen molar-refractivity contribution in [3.05, 3.63) is 70.8 Å². The normalized spacial score (nSPS) is 12.8. The molecule has 28 heavy (non-hydrogen) atoms. The van der Waals surface area contributed by atoms with Crippen LogP contribution in [-0.4, -0.2) is 17.7 Å². The minimum absolute atomic E-state index is 0. The van der Waals surface area contributed by atoms with Gasteiger partial charge >= 0.3 is 0 Å². The number of Topliss-reactive ketones (excluding diaryl/α,β-unsaturated/α-hetero) is 1. The number of carbonyl (C=O) groups is 2. The molecule has 2 aromatic carbocycles. The van der Waals surface area contributed by atoms with Gasteiger partial charge in [-0.05, 0) is 43.4 Å². The minimum Gasteiger partial charge on any atom is -0.348 e. The van der Waals surface area contributed by atoms with Crippen molar-refractivity contribution in [1.29, 1.82) is 0 Å². The zero-order valence-corrected chi connectivity index (χ0v) is 17.9. The Bertz CT molecular complexity index is 788. The fourth-order valence-corrected chi connectivity index (χ4v) is 3.14. The first-order valence-corrected chi connectivity index (χ1v) is 9.54. The number of nitrogens with two attached hydrogens (primary N) is 1. The number of aryl methyl sites for hydroxylation is 1. The monoisotopic (exact) mass is 402 g/mol. The first-order valence-electron chi connectivity index (χ1n) is 9.54. The molecule has 0 aliphatic rings. The number of hydrogen-bond donors (Lipinski definition) is 2. The molecule has 1 amide bonds. The topological polar surface area (TPSA) is 72.2 Å². The highest BCUT2D eigenvalue weighted by molar-refractivity contribution is 5.98. The summed E-state index contributed by atoms with van der Waals surface area (Å²) >= 11 is 0. The molecular formula is C23H31ClN2O2. The molecule has 0 aromatic heterocycles. The molecule has 152 valence electrons. The van der Waals surface area contributed by atoms with Crippen LogP contribution in [0.15, 0.2) is 48.5 Å². The van der Waals surface area contributed by atoms with Crippen LogP contribution in [0.3, 0.4) is 0 Å². The lowest BCUT2D eigenvalue weighted by molar-refractivity contribution is -0.122. The number of hydrogen-bond acceptors (Lipinski definition) is 3. The van der Waals surface area contributed by atoms with Crippen LogP contribution in [0.2, 0.25) is 0 Å². The van der Waals surface area contributed by atoms with Crippen molar-refractivity contribution < 1.29 is 9.59 Å². The van der Waals surface area contributed by atoms with E-state index in [4.69, 9.17) is 5.73 Å². The Labute approximate surface area is 174 Å². The van der Waals surface area contributed by atoms with Gasteiger partial charge in [-0.1, -0.05) is 61.9 Å². The van der Waals surface area contributed by atoms with Crippen molar-refractivity contribution in [3.8, 4) is 0 Å². The summed E-state index contributed by atoms with van der Waals surface area (Å²) in [6.45, 7) is 7.84. The fraction of sp³-hybridized carbons (Fsp3) is 0.391. The smallest absolute Gasteiger partial charge is 0.237 e. The quantitative estimate of drug-likeness (QED) is 0.628. The Morgan fingerprint density at radius 3 is 2.25 bits per heavy atom. The van der Waals surface area contributed by atoms with E-state index in [-0.39, 0.29) is 36.1 Å². The largest absolute Gasteiger partial charge is 0.348 e. The van der Waals surface area contributed by atoms with Gasteiger partial charge < -0.3 is 11.1 Å². The average molecular weight is 403 g/mol. The molecule has 0 heterocycles. The first-order chi connectivity index (χ1) is 12.8. The van der Waals surface area contributed by atoms with Crippen molar-refractivity contribution in [2.24, 2.45) is 5.73 Å². The summed E-state index contributed by atoms with van der Waals surface area (Å²) in [5.41, 5.74) is 9.61. The Kier molecular flexibility index (Phi) is 9.36. The minimum atomic E-state index is -0.587. The first kappa shape index (κ1) is 23.9. The lowest BCUT2D eigenvalue weighted by atomic mass is 9.90. The SMILES string of the molecule is Cc1ccc(C(C)C)c(C(=O)CC[C@@H](NC(=O)[C@@H](C)N)c2ccccc2)c1.Cl. The van der Waals surface area contributed by atoms with Gasteiger partial charge in [0.15, 0.2) is 5.78 Å². The number of ketones is 1. The van der Waals surface area contributed by atoms with Crippen LogP contribution >= 0.6 is 12.4 Å². The third-order valence-corrected chi connectivity index (χ3v) is 4.72. The summed E-state index contributed by atoms with van der Waals surface area (Å²) in [6.07, 6.45) is 0.898. The van der Waals surface area contributed by atoms with E-state index in [1.165, 1.54) is 0 Å². The number of halogens is 1. The summed E-state index contributed by atoms with van der Waals surface area (Å²) in [6, 6.07) is 14.9. The number of amides is 1. The van der Waals surface area contributed by atoms with E-state index < -0.39 is 6.04 Å². The van der Waals surface area contributed by atoms with Gasteiger partial charge in [-0.15, -0.1) is 12.4 Å². The van der Waals surface area contributed by atoms with Gasteiger partial charge in [-0.2, -0.15) is 0 Å². The van der Waals surface area contributed by atoms with E-state index in [1.54, 1.807) is 6.92 Å². The van der Waals surface area contributed by atoms with E-state index in [0.717, 1.165) is 22.3 Å². The molecular weight excluding hydrogens is 372 g/mol. The van der Waals surface area contributed by atoms with E-state index >= 15 is 0 Å². The van der Waals surface area contributed by atoms with Crippen LogP contribution in [0.5, 0.6) is 0 Å². The second-order valence-electron chi connectivity index (χ2n) is 7.47. The van der Waals surface area contributed by atoms with Crippen LogP contribution in [0.25, 0.3) is 0 Å². The molecule has 2 atom stereocenters. The number of benzene rings is 2. The molecule has 2 rings (SSSR count). The lowest BCUT2D eigenvalue weighted by Crippen LogP contribution is -2.40. The Balaban J connectivity index is 0.00000392. The zero-order valence-electron chi connectivity index (χ0n) is 17.1. The summed E-state index contributed by atoms with van der Waals surface area (Å²) in [5.74, 6) is 0.181. The van der Waals surface area contributed by atoms with Crippen LogP contribution in [0.1, 0.15) is 72.6 Å². The lowest BCUT2D eigenvalue weighted by Gasteiger charge is -2.21. The summed E-state index contributed by atoms with van der Waals surface area (Å²) in [5, 5.41) is 2.97. The van der Waals surface area contributed by atoms with Crippen molar-refractivity contribution in [3.63, 3.8) is 0 Å². The maximum Gasteiger partial charge on any atom is 0.237 e. The highest BCUT2D eigenvalue weighted by Crippen LogP contribution is 2.25. The molecule has 0 radical (unpaired) electrons. The molecule has 0 saturated carbocycles. The Hall–Kier alpha value is -2.17. The molecule has 0 spiro atoms. The van der Waals surface area contributed by atoms with Crippen LogP contribution in [0.4, 0.5) is 0 Å². The second-order valence-corrected chi connectivity index (χ2v) is 7.47.